The predicted octanol–water partition coefficient (Wildman–Crippen LogP) is 11.0. The highest BCUT2D eigenvalue weighted by Crippen LogP contribution is 2.42. The van der Waals surface area contributed by atoms with Crippen molar-refractivity contribution in [3.05, 3.63) is 139 Å². The summed E-state index contributed by atoms with van der Waals surface area (Å²) in [4.78, 5) is 2.35. The normalized spacial score (nSPS) is 11.6. The number of nitrogens with two attached hydrogens (primary N) is 1. The number of allylic oxidation sites excluding steroid dienone is 1. The van der Waals surface area contributed by atoms with Crippen LogP contribution in [0.25, 0.3) is 48.8 Å². The van der Waals surface area contributed by atoms with Crippen molar-refractivity contribution in [1.29, 1.82) is 0 Å². The number of fused-ring (bicyclic) bond motifs is 4. The Balaban J connectivity index is 1.42. The highest BCUT2D eigenvalue weighted by Gasteiger charge is 2.16. The van der Waals surface area contributed by atoms with Gasteiger partial charge in [0.2, 0.25) is 0 Å². The molecule has 0 amide bonds. The van der Waals surface area contributed by atoms with Gasteiger partial charge >= 0.3 is 0 Å². The van der Waals surface area contributed by atoms with Crippen LogP contribution in [-0.2, 0) is 0 Å². The van der Waals surface area contributed by atoms with Gasteiger partial charge in [0.1, 0.15) is 0 Å². The molecular formula is C37H28N2S. The third-order valence-electron chi connectivity index (χ3n) is 7.55. The van der Waals surface area contributed by atoms with Gasteiger partial charge < -0.3 is 10.6 Å². The van der Waals surface area contributed by atoms with E-state index in [-0.39, 0.29) is 0 Å². The zero-order valence-electron chi connectivity index (χ0n) is 22.2. The van der Waals surface area contributed by atoms with Crippen LogP contribution < -0.4 is 10.6 Å². The van der Waals surface area contributed by atoms with Gasteiger partial charge in [0, 0.05) is 32.7 Å². The number of rotatable bonds is 5. The second-order valence-corrected chi connectivity index (χ2v) is 11.1. The lowest BCUT2D eigenvalue weighted by atomic mass is 10.0. The lowest BCUT2D eigenvalue weighted by Gasteiger charge is -2.26. The summed E-state index contributed by atoms with van der Waals surface area (Å²) < 4.78 is 1.18. The van der Waals surface area contributed by atoms with Crippen molar-refractivity contribution in [2.75, 3.05) is 10.6 Å². The number of hydrogen-bond acceptors (Lipinski definition) is 3. The van der Waals surface area contributed by atoms with E-state index < -0.39 is 0 Å². The molecule has 0 saturated carbocycles. The Morgan fingerprint density at radius 1 is 0.575 bits per heavy atom. The van der Waals surface area contributed by atoms with Gasteiger partial charge in [0.15, 0.2) is 0 Å². The molecule has 0 aliphatic carbocycles. The molecular weight excluding hydrogens is 504 g/mol. The van der Waals surface area contributed by atoms with Crippen LogP contribution in [0.2, 0.25) is 0 Å². The van der Waals surface area contributed by atoms with Crippen molar-refractivity contribution in [1.82, 2.24) is 0 Å². The Morgan fingerprint density at radius 3 is 2.00 bits per heavy atom. The molecule has 2 N–H and O–H groups in total. The molecule has 0 saturated heterocycles. The summed E-state index contributed by atoms with van der Waals surface area (Å²) in [6, 6.07) is 45.8. The molecule has 0 atom stereocenters. The van der Waals surface area contributed by atoms with Crippen molar-refractivity contribution < 1.29 is 0 Å². The van der Waals surface area contributed by atoms with E-state index in [4.69, 9.17) is 5.73 Å². The molecule has 1 aromatic heterocycles. The fourth-order valence-electron chi connectivity index (χ4n) is 5.61. The molecule has 0 radical (unpaired) electrons. The molecule has 0 spiro atoms. The first-order chi connectivity index (χ1) is 19.7. The number of thiophene rings is 1. The quantitative estimate of drug-likeness (QED) is 0.223. The van der Waals surface area contributed by atoms with Gasteiger partial charge in [-0.3, -0.25) is 0 Å². The van der Waals surface area contributed by atoms with E-state index in [0.717, 1.165) is 27.6 Å². The lowest BCUT2D eigenvalue weighted by Crippen LogP contribution is -2.09. The first kappa shape index (κ1) is 24.2. The molecule has 0 aliphatic heterocycles. The Bertz CT molecular complexity index is 2020. The maximum absolute atomic E-state index is 6.43. The van der Waals surface area contributed by atoms with Crippen LogP contribution >= 0.6 is 11.3 Å². The molecule has 2 nitrogen and oxygen atoms in total. The fraction of sp³-hybridized carbons (Fsp3) is 0.0270. The highest BCUT2D eigenvalue weighted by atomic mass is 32.1. The second-order valence-electron chi connectivity index (χ2n) is 10.0. The predicted molar refractivity (Wildman–Crippen MR) is 176 cm³/mol. The minimum atomic E-state index is 0.848. The van der Waals surface area contributed by atoms with E-state index in [2.05, 4.69) is 138 Å². The minimum absolute atomic E-state index is 0.848. The molecule has 0 aliphatic rings. The molecule has 7 aromatic rings. The van der Waals surface area contributed by atoms with E-state index in [1.165, 1.54) is 42.8 Å². The minimum Gasteiger partial charge on any atom is -0.390 e. The zero-order chi connectivity index (χ0) is 27.1. The van der Waals surface area contributed by atoms with E-state index in [1.807, 2.05) is 13.0 Å². The largest absolute Gasteiger partial charge is 0.390 e. The number of nitrogen functional groups attached to an aromatic ring is 1. The van der Waals surface area contributed by atoms with Crippen LogP contribution in [0.4, 0.5) is 22.1 Å². The number of nitrogens with zero attached hydrogens (tertiary/aromatic N) is 1. The van der Waals surface area contributed by atoms with Crippen molar-refractivity contribution in [2.24, 2.45) is 0 Å². The molecule has 6 aromatic carbocycles. The number of hydrogen-bond donors (Lipinski definition) is 1. The first-order valence-electron chi connectivity index (χ1n) is 13.5. The summed E-state index contributed by atoms with van der Waals surface area (Å²) in [5, 5.41) is 7.03. The smallest absolute Gasteiger partial charge is 0.0942 e. The van der Waals surface area contributed by atoms with Gasteiger partial charge in [-0.25, -0.2) is 0 Å². The average molecular weight is 533 g/mol. The third-order valence-corrected chi connectivity index (χ3v) is 8.55. The molecule has 40 heavy (non-hydrogen) atoms. The van der Waals surface area contributed by atoms with Crippen molar-refractivity contribution >= 4 is 71.1 Å². The average Bonchev–Trinajstić information content (AvgIpc) is 3.32. The van der Waals surface area contributed by atoms with E-state index in [1.54, 1.807) is 11.3 Å². The van der Waals surface area contributed by atoms with E-state index >= 15 is 0 Å². The molecule has 3 heteroatoms. The maximum atomic E-state index is 6.43. The highest BCUT2D eigenvalue weighted by molar-refractivity contribution is 7.23. The van der Waals surface area contributed by atoms with E-state index in [0.29, 0.717) is 0 Å². The van der Waals surface area contributed by atoms with Gasteiger partial charge in [-0.05, 0) is 76.0 Å². The molecule has 0 unspecified atom stereocenters. The summed E-state index contributed by atoms with van der Waals surface area (Å²) in [5.41, 5.74) is 13.3. The summed E-state index contributed by atoms with van der Waals surface area (Å²) in [6.45, 7) is 2.03. The van der Waals surface area contributed by atoms with Crippen LogP contribution in [0, 0.1) is 0 Å². The second kappa shape index (κ2) is 10.0. The van der Waals surface area contributed by atoms with Gasteiger partial charge in [-0.1, -0.05) is 103 Å². The summed E-state index contributed by atoms with van der Waals surface area (Å²) >= 11 is 1.64. The number of benzene rings is 6. The van der Waals surface area contributed by atoms with Gasteiger partial charge in [-0.15, -0.1) is 11.3 Å². The zero-order valence-corrected chi connectivity index (χ0v) is 23.0. The van der Waals surface area contributed by atoms with Crippen LogP contribution in [0.3, 0.4) is 0 Å². The maximum Gasteiger partial charge on any atom is 0.0942 e. The molecule has 0 bridgehead atoms. The van der Waals surface area contributed by atoms with Crippen molar-refractivity contribution in [3.8, 4) is 11.1 Å². The van der Waals surface area contributed by atoms with Crippen LogP contribution in [0.5, 0.6) is 0 Å². The molecule has 1 heterocycles. The van der Waals surface area contributed by atoms with Gasteiger partial charge in [-0.2, -0.15) is 0 Å². The van der Waals surface area contributed by atoms with Crippen molar-refractivity contribution in [3.63, 3.8) is 0 Å². The van der Waals surface area contributed by atoms with Crippen LogP contribution in [0.1, 0.15) is 12.5 Å². The molecule has 0 fully saturated rings. The summed E-state index contributed by atoms with van der Waals surface area (Å²) in [5.74, 6) is 0. The Morgan fingerprint density at radius 2 is 1.20 bits per heavy atom. The third kappa shape index (κ3) is 4.21. The lowest BCUT2D eigenvalue weighted by molar-refractivity contribution is 1.30. The van der Waals surface area contributed by atoms with Gasteiger partial charge in [0.25, 0.3) is 0 Å². The molecule has 7 rings (SSSR count). The Kier molecular flexibility index (Phi) is 6.07. The summed E-state index contributed by atoms with van der Waals surface area (Å²) in [7, 11) is 0. The standard InChI is InChI=1S/C37H28N2S/c1-2-8-34-33-22-21-31(24-36(33)40-37(34)38)39(29-18-15-26(16-19-29)25-9-4-3-5-10-25)30-20-17-28-14-13-27-11-6-7-12-32(27)35(28)23-30/h2-24H,38H2,1H3/b8-2-. The Hall–Kier alpha value is -4.86. The van der Waals surface area contributed by atoms with Crippen LogP contribution in [-0.4, -0.2) is 0 Å². The fourth-order valence-corrected chi connectivity index (χ4v) is 6.60. The van der Waals surface area contributed by atoms with E-state index in [9.17, 15) is 0 Å². The number of anilines is 4. The molecule has 192 valence electrons. The monoisotopic (exact) mass is 532 g/mol. The van der Waals surface area contributed by atoms with Gasteiger partial charge in [0.05, 0.1) is 5.00 Å². The SMILES string of the molecule is C/C=C\c1c(N)sc2cc(N(c3ccc(-c4ccccc4)cc3)c3ccc4ccc5ccccc5c4c3)ccc12. The topological polar surface area (TPSA) is 29.3 Å². The van der Waals surface area contributed by atoms with Crippen LogP contribution in [0.15, 0.2) is 133 Å². The summed E-state index contributed by atoms with van der Waals surface area (Å²) in [6.07, 6.45) is 4.15. The van der Waals surface area contributed by atoms with Crippen molar-refractivity contribution in [2.45, 2.75) is 6.92 Å². The Labute approximate surface area is 238 Å². The first-order valence-corrected chi connectivity index (χ1v) is 14.3.